The van der Waals surface area contributed by atoms with Gasteiger partial charge in [0, 0.05) is 0 Å². The molecule has 1 aliphatic rings. The van der Waals surface area contributed by atoms with Crippen LogP contribution in [0.3, 0.4) is 0 Å². The monoisotopic (exact) mass is 188 g/mol. The van der Waals surface area contributed by atoms with Gasteiger partial charge in [0.15, 0.2) is 0 Å². The minimum Gasteiger partial charge on any atom is -0.385 e. The molecule has 1 N–H and O–H groups in total. The number of allylic oxidation sites excluding steroid dienone is 2. The molecule has 3 heteroatoms. The van der Waals surface area contributed by atoms with Crippen molar-refractivity contribution in [2.24, 2.45) is 5.92 Å². The van der Waals surface area contributed by atoms with Crippen LogP contribution in [-0.4, -0.2) is 24.3 Å². The average Bonchev–Trinajstić information content (AvgIpc) is 2.03. The summed E-state index contributed by atoms with van der Waals surface area (Å²) in [5, 5.41) is 9.71. The standard InChI is InChI=1S/C9H17O2P/c1-12(2,11)9(10)8-6-4-3-5-7-8/h3-4,8-10H,5-7H2,1-2H3. The summed E-state index contributed by atoms with van der Waals surface area (Å²) in [4.78, 5) is 0. The molecule has 0 radical (unpaired) electrons. The average molecular weight is 188 g/mol. The second-order valence-electron chi connectivity index (χ2n) is 3.89. The van der Waals surface area contributed by atoms with Gasteiger partial charge in [0.25, 0.3) is 0 Å². The molecule has 0 heterocycles. The summed E-state index contributed by atoms with van der Waals surface area (Å²) in [5.74, 6) is -0.377. The van der Waals surface area contributed by atoms with Gasteiger partial charge in [-0.15, -0.1) is 0 Å². The molecule has 2 unspecified atom stereocenters. The topological polar surface area (TPSA) is 37.3 Å². The van der Waals surface area contributed by atoms with E-state index in [0.717, 1.165) is 19.3 Å². The molecule has 1 aliphatic carbocycles. The van der Waals surface area contributed by atoms with Gasteiger partial charge in [0.2, 0.25) is 0 Å². The lowest BCUT2D eigenvalue weighted by atomic mass is 9.95. The largest absolute Gasteiger partial charge is 0.385 e. The molecule has 2 atom stereocenters. The van der Waals surface area contributed by atoms with Crippen LogP contribution < -0.4 is 0 Å². The van der Waals surface area contributed by atoms with Gasteiger partial charge in [-0.05, 0) is 38.5 Å². The van der Waals surface area contributed by atoms with Gasteiger partial charge in [0.05, 0.1) is 0 Å². The normalized spacial score (nSPS) is 27.1. The lowest BCUT2D eigenvalue weighted by Gasteiger charge is -2.26. The molecule has 70 valence electrons. The van der Waals surface area contributed by atoms with Crippen molar-refractivity contribution in [3.05, 3.63) is 12.2 Å². The molecule has 2 nitrogen and oxygen atoms in total. The number of aliphatic hydroxyl groups is 1. The molecule has 0 aromatic rings. The Kier molecular flexibility index (Phi) is 3.14. The molecule has 12 heavy (non-hydrogen) atoms. The minimum atomic E-state index is -2.30. The maximum atomic E-state index is 11.5. The van der Waals surface area contributed by atoms with Gasteiger partial charge in [-0.3, -0.25) is 0 Å². The van der Waals surface area contributed by atoms with E-state index in [2.05, 4.69) is 12.2 Å². The summed E-state index contributed by atoms with van der Waals surface area (Å²) in [7, 11) is -2.30. The highest BCUT2D eigenvalue weighted by molar-refractivity contribution is 7.62. The van der Waals surface area contributed by atoms with Crippen molar-refractivity contribution in [2.45, 2.75) is 25.1 Å². The van der Waals surface area contributed by atoms with E-state index in [1.54, 1.807) is 13.3 Å². The zero-order chi connectivity index (χ0) is 9.19. The van der Waals surface area contributed by atoms with E-state index in [0.29, 0.717) is 0 Å². The third-order valence-electron chi connectivity index (χ3n) is 2.37. The summed E-state index contributed by atoms with van der Waals surface area (Å²) < 4.78 is 11.5. The highest BCUT2D eigenvalue weighted by Gasteiger charge is 2.28. The Labute approximate surface area is 74.0 Å². The van der Waals surface area contributed by atoms with Crippen molar-refractivity contribution in [1.29, 1.82) is 0 Å². The second-order valence-corrected chi connectivity index (χ2v) is 7.29. The van der Waals surface area contributed by atoms with Crippen LogP contribution in [0.4, 0.5) is 0 Å². The van der Waals surface area contributed by atoms with E-state index in [1.165, 1.54) is 0 Å². The Morgan fingerprint density at radius 1 is 1.50 bits per heavy atom. The first-order valence-electron chi connectivity index (χ1n) is 4.39. The maximum Gasteiger partial charge on any atom is 0.109 e. The van der Waals surface area contributed by atoms with Crippen molar-refractivity contribution in [1.82, 2.24) is 0 Å². The van der Waals surface area contributed by atoms with E-state index < -0.39 is 13.0 Å². The zero-order valence-corrected chi connectivity index (χ0v) is 8.63. The van der Waals surface area contributed by atoms with Gasteiger partial charge < -0.3 is 9.67 Å². The molecule has 0 spiro atoms. The fourth-order valence-electron chi connectivity index (χ4n) is 1.60. The third-order valence-corrected chi connectivity index (χ3v) is 4.06. The first kappa shape index (κ1) is 10.0. The first-order chi connectivity index (χ1) is 5.52. The maximum absolute atomic E-state index is 11.5. The zero-order valence-electron chi connectivity index (χ0n) is 7.73. The van der Waals surface area contributed by atoms with Crippen molar-refractivity contribution >= 4 is 7.14 Å². The van der Waals surface area contributed by atoms with Gasteiger partial charge in [-0.1, -0.05) is 12.2 Å². The molecule has 1 rings (SSSR count). The molecule has 0 aromatic carbocycles. The van der Waals surface area contributed by atoms with Crippen molar-refractivity contribution < 1.29 is 9.67 Å². The molecule has 0 amide bonds. The van der Waals surface area contributed by atoms with Crippen LogP contribution in [0.5, 0.6) is 0 Å². The van der Waals surface area contributed by atoms with Crippen LogP contribution in [0.15, 0.2) is 12.2 Å². The fraction of sp³-hybridized carbons (Fsp3) is 0.778. The minimum absolute atomic E-state index is 0.218. The smallest absolute Gasteiger partial charge is 0.109 e. The quantitative estimate of drug-likeness (QED) is 0.533. The van der Waals surface area contributed by atoms with E-state index in [9.17, 15) is 9.67 Å². The molecule has 0 bridgehead atoms. The summed E-state index contributed by atoms with van der Waals surface area (Å²) in [5.41, 5.74) is 0. The Hall–Kier alpha value is -0.0700. The van der Waals surface area contributed by atoms with Crippen LogP contribution in [0.2, 0.25) is 0 Å². The summed E-state index contributed by atoms with van der Waals surface area (Å²) in [6.45, 7) is 3.33. The lowest BCUT2D eigenvalue weighted by molar-refractivity contribution is 0.171. The fourth-order valence-corrected chi connectivity index (χ4v) is 2.88. The molecular formula is C9H17O2P. The summed E-state index contributed by atoms with van der Waals surface area (Å²) in [6, 6.07) is 0. The summed E-state index contributed by atoms with van der Waals surface area (Å²) >= 11 is 0. The Balaban J connectivity index is 2.58. The molecule has 0 saturated carbocycles. The number of hydrogen-bond acceptors (Lipinski definition) is 2. The summed E-state index contributed by atoms with van der Waals surface area (Å²) in [6.07, 6.45) is 7.07. The van der Waals surface area contributed by atoms with Crippen LogP contribution in [-0.2, 0) is 4.57 Å². The van der Waals surface area contributed by atoms with Gasteiger partial charge in [-0.2, -0.15) is 0 Å². The molecule has 0 aliphatic heterocycles. The number of hydrogen-bond donors (Lipinski definition) is 1. The van der Waals surface area contributed by atoms with E-state index in [4.69, 9.17) is 0 Å². The Morgan fingerprint density at radius 2 is 2.17 bits per heavy atom. The van der Waals surface area contributed by atoms with Crippen molar-refractivity contribution in [2.75, 3.05) is 13.3 Å². The van der Waals surface area contributed by atoms with Gasteiger partial charge >= 0.3 is 0 Å². The number of aliphatic hydroxyl groups excluding tert-OH is 1. The first-order valence-corrected chi connectivity index (χ1v) is 7.06. The molecular weight excluding hydrogens is 171 g/mol. The highest BCUT2D eigenvalue weighted by atomic mass is 31.2. The van der Waals surface area contributed by atoms with Crippen LogP contribution in [0.1, 0.15) is 19.3 Å². The van der Waals surface area contributed by atoms with E-state index in [-0.39, 0.29) is 5.92 Å². The van der Waals surface area contributed by atoms with E-state index in [1.807, 2.05) is 0 Å². The molecule has 0 fully saturated rings. The van der Waals surface area contributed by atoms with Crippen molar-refractivity contribution in [3.63, 3.8) is 0 Å². The van der Waals surface area contributed by atoms with Gasteiger partial charge in [0.1, 0.15) is 13.0 Å². The Morgan fingerprint density at radius 3 is 2.58 bits per heavy atom. The van der Waals surface area contributed by atoms with Crippen molar-refractivity contribution in [3.8, 4) is 0 Å². The SMILES string of the molecule is CP(C)(=O)C(O)C1CC=CCC1. The van der Waals surface area contributed by atoms with E-state index >= 15 is 0 Å². The third kappa shape index (κ3) is 2.46. The molecule has 0 aromatic heterocycles. The Bertz CT molecular complexity index is 217. The number of rotatable bonds is 2. The van der Waals surface area contributed by atoms with Gasteiger partial charge in [-0.25, -0.2) is 0 Å². The predicted octanol–water partition coefficient (Wildman–Crippen LogP) is 2.28. The lowest BCUT2D eigenvalue weighted by Crippen LogP contribution is -2.20. The molecule has 0 saturated heterocycles. The predicted molar refractivity (Wildman–Crippen MR) is 51.9 cm³/mol. The van der Waals surface area contributed by atoms with Crippen LogP contribution >= 0.6 is 7.14 Å². The van der Waals surface area contributed by atoms with Crippen LogP contribution in [0, 0.1) is 5.92 Å². The highest BCUT2D eigenvalue weighted by Crippen LogP contribution is 2.47. The van der Waals surface area contributed by atoms with Crippen LogP contribution in [0.25, 0.3) is 0 Å². The second kappa shape index (κ2) is 3.76.